The van der Waals surface area contributed by atoms with Crippen LogP contribution in [0.3, 0.4) is 0 Å². The van der Waals surface area contributed by atoms with Crippen LogP contribution in [0, 0.1) is 23.2 Å². The fourth-order valence-corrected chi connectivity index (χ4v) is 2.86. The highest BCUT2D eigenvalue weighted by Gasteiger charge is 2.25. The molecule has 0 rings (SSSR count). The van der Waals surface area contributed by atoms with E-state index in [0.29, 0.717) is 0 Å². The second-order valence-electron chi connectivity index (χ2n) is 3.81. The molecule has 13 heavy (non-hydrogen) atoms. The lowest BCUT2D eigenvalue weighted by Gasteiger charge is -2.16. The number of hydrogen-bond donors (Lipinski definition) is 0. The summed E-state index contributed by atoms with van der Waals surface area (Å²) >= 11 is 0. The average molecular weight is 203 g/mol. The molecule has 2 unspecified atom stereocenters. The molecule has 0 spiro atoms. The van der Waals surface area contributed by atoms with E-state index in [4.69, 9.17) is 5.26 Å². The molecule has 0 bridgehead atoms. The Morgan fingerprint density at radius 1 is 1.23 bits per heavy atom. The molecule has 0 N–H and O–H groups in total. The topological polar surface area (TPSA) is 57.9 Å². The molecule has 3 nitrogen and oxygen atoms in total. The van der Waals surface area contributed by atoms with E-state index in [1.165, 1.54) is 0 Å². The lowest BCUT2D eigenvalue weighted by atomic mass is 10.2. The first-order valence-electron chi connectivity index (χ1n) is 4.42. The van der Waals surface area contributed by atoms with Crippen molar-refractivity contribution in [3.63, 3.8) is 0 Å². The Bertz CT molecular complexity index is 287. The van der Waals surface area contributed by atoms with Crippen LogP contribution in [0.2, 0.25) is 0 Å². The highest BCUT2D eigenvalue weighted by Crippen LogP contribution is 2.14. The molecule has 0 aliphatic heterocycles. The minimum absolute atomic E-state index is 0.0250. The minimum atomic E-state index is -3.09. The Balaban J connectivity index is 4.52. The maximum atomic E-state index is 11.6. The average Bonchev–Trinajstić information content (AvgIpc) is 2.01. The molecule has 2 atom stereocenters. The number of rotatable bonds is 4. The zero-order chi connectivity index (χ0) is 10.6. The molecule has 4 heteroatoms. The molecule has 0 aliphatic rings. The molecule has 0 heterocycles. The van der Waals surface area contributed by atoms with Crippen molar-refractivity contribution in [3.05, 3.63) is 0 Å². The van der Waals surface area contributed by atoms with Crippen molar-refractivity contribution < 1.29 is 8.42 Å². The van der Waals surface area contributed by atoms with Crippen LogP contribution in [-0.2, 0) is 9.84 Å². The van der Waals surface area contributed by atoms with Gasteiger partial charge in [0.2, 0.25) is 0 Å². The van der Waals surface area contributed by atoms with Crippen LogP contribution in [0.5, 0.6) is 0 Å². The van der Waals surface area contributed by atoms with Gasteiger partial charge >= 0.3 is 0 Å². The molecule has 0 aromatic carbocycles. The first-order chi connectivity index (χ1) is 5.81. The largest absolute Gasteiger partial charge is 0.229 e. The van der Waals surface area contributed by atoms with E-state index in [-0.39, 0.29) is 16.9 Å². The number of nitriles is 1. The summed E-state index contributed by atoms with van der Waals surface area (Å²) in [5.41, 5.74) is 0. The Morgan fingerprint density at radius 2 is 1.69 bits per heavy atom. The maximum absolute atomic E-state index is 11.6. The third-order valence-corrected chi connectivity index (χ3v) is 4.85. The predicted octanol–water partition coefficient (Wildman–Crippen LogP) is 1.61. The Kier molecular flexibility index (Phi) is 4.41. The van der Waals surface area contributed by atoms with Crippen LogP contribution in [0.25, 0.3) is 0 Å². The van der Waals surface area contributed by atoms with Crippen molar-refractivity contribution in [1.29, 1.82) is 5.26 Å². The van der Waals surface area contributed by atoms with Gasteiger partial charge in [-0.1, -0.05) is 13.8 Å². The van der Waals surface area contributed by atoms with E-state index >= 15 is 0 Å². The molecule has 0 aromatic rings. The summed E-state index contributed by atoms with van der Waals surface area (Å²) in [7, 11) is -3.09. The monoisotopic (exact) mass is 203 g/mol. The van der Waals surface area contributed by atoms with Crippen molar-refractivity contribution in [3.8, 4) is 6.07 Å². The van der Waals surface area contributed by atoms with Crippen molar-refractivity contribution in [2.75, 3.05) is 5.75 Å². The van der Waals surface area contributed by atoms with Crippen LogP contribution in [0.1, 0.15) is 27.7 Å². The van der Waals surface area contributed by atoms with Crippen LogP contribution in [0.15, 0.2) is 0 Å². The zero-order valence-corrected chi connectivity index (χ0v) is 9.43. The van der Waals surface area contributed by atoms with Gasteiger partial charge < -0.3 is 0 Å². The van der Waals surface area contributed by atoms with Gasteiger partial charge in [0.05, 0.1) is 23.0 Å². The summed E-state index contributed by atoms with van der Waals surface area (Å²) in [5, 5.41) is 8.15. The minimum Gasteiger partial charge on any atom is -0.229 e. The summed E-state index contributed by atoms with van der Waals surface area (Å²) in [5.74, 6) is -0.329. The molecular formula is C9H17NO2S. The molecule has 0 saturated heterocycles. The normalized spacial score (nSPS) is 16.6. The van der Waals surface area contributed by atoms with Gasteiger partial charge in [0.15, 0.2) is 9.84 Å². The molecule has 0 aliphatic carbocycles. The number of nitrogens with zero attached hydrogens (tertiary/aromatic N) is 1. The first-order valence-corrected chi connectivity index (χ1v) is 6.14. The summed E-state index contributed by atoms with van der Waals surface area (Å²) < 4.78 is 23.2. The number of hydrogen-bond acceptors (Lipinski definition) is 3. The van der Waals surface area contributed by atoms with Gasteiger partial charge in [-0.15, -0.1) is 0 Å². The van der Waals surface area contributed by atoms with Crippen LogP contribution >= 0.6 is 0 Å². The van der Waals surface area contributed by atoms with Gasteiger partial charge in [0.1, 0.15) is 0 Å². The summed E-state index contributed by atoms with van der Waals surface area (Å²) in [6.45, 7) is 7.08. The fourth-order valence-electron chi connectivity index (χ4n) is 0.952. The number of sulfone groups is 1. The van der Waals surface area contributed by atoms with Crippen LogP contribution in [-0.4, -0.2) is 19.4 Å². The maximum Gasteiger partial charge on any atom is 0.154 e. The standard InChI is InChI=1S/C9H17NO2S/c1-7(2)9(4)13(11,12)6-8(3)5-10/h7-9H,6H2,1-4H3. The Labute approximate surface area is 80.7 Å². The molecule has 0 aromatic heterocycles. The van der Waals surface area contributed by atoms with E-state index in [9.17, 15) is 8.42 Å². The van der Waals surface area contributed by atoms with Crippen molar-refractivity contribution in [2.24, 2.45) is 11.8 Å². The lowest BCUT2D eigenvalue weighted by molar-refractivity contribution is 0.540. The van der Waals surface area contributed by atoms with Gasteiger partial charge in [0.25, 0.3) is 0 Å². The van der Waals surface area contributed by atoms with Gasteiger partial charge in [-0.25, -0.2) is 8.42 Å². The van der Waals surface area contributed by atoms with Gasteiger partial charge in [-0.3, -0.25) is 0 Å². The van der Waals surface area contributed by atoms with Gasteiger partial charge in [0, 0.05) is 0 Å². The first kappa shape index (κ1) is 12.4. The van der Waals surface area contributed by atoms with E-state index < -0.39 is 15.8 Å². The molecular weight excluding hydrogens is 186 g/mol. The van der Waals surface area contributed by atoms with Crippen molar-refractivity contribution in [1.82, 2.24) is 0 Å². The SMILES string of the molecule is CC(C#N)CS(=O)(=O)C(C)C(C)C. The van der Waals surface area contributed by atoms with E-state index in [2.05, 4.69) is 0 Å². The van der Waals surface area contributed by atoms with Crippen molar-refractivity contribution >= 4 is 9.84 Å². The Hall–Kier alpha value is -0.560. The molecule has 0 amide bonds. The zero-order valence-electron chi connectivity index (χ0n) is 8.61. The fraction of sp³-hybridized carbons (Fsp3) is 0.889. The van der Waals surface area contributed by atoms with Crippen LogP contribution in [0.4, 0.5) is 0 Å². The quantitative estimate of drug-likeness (QED) is 0.697. The third-order valence-electron chi connectivity index (χ3n) is 2.21. The summed E-state index contributed by atoms with van der Waals surface area (Å²) in [6, 6.07) is 1.94. The second-order valence-corrected chi connectivity index (χ2v) is 6.21. The Morgan fingerprint density at radius 3 is 2.00 bits per heavy atom. The van der Waals surface area contributed by atoms with Gasteiger partial charge in [-0.05, 0) is 19.8 Å². The smallest absolute Gasteiger partial charge is 0.154 e. The molecule has 0 fully saturated rings. The van der Waals surface area contributed by atoms with Gasteiger partial charge in [-0.2, -0.15) is 5.26 Å². The third kappa shape index (κ3) is 3.77. The molecule has 0 radical (unpaired) electrons. The van der Waals surface area contributed by atoms with E-state index in [1.807, 2.05) is 19.9 Å². The highest BCUT2D eigenvalue weighted by molar-refractivity contribution is 7.92. The molecule has 76 valence electrons. The van der Waals surface area contributed by atoms with Crippen LogP contribution < -0.4 is 0 Å². The summed E-state index contributed by atoms with van der Waals surface area (Å²) in [6.07, 6.45) is 0. The summed E-state index contributed by atoms with van der Waals surface area (Å²) in [4.78, 5) is 0. The second kappa shape index (κ2) is 4.61. The van der Waals surface area contributed by atoms with E-state index in [1.54, 1.807) is 13.8 Å². The molecule has 0 saturated carbocycles. The van der Waals surface area contributed by atoms with E-state index in [0.717, 1.165) is 0 Å². The van der Waals surface area contributed by atoms with Crippen molar-refractivity contribution in [2.45, 2.75) is 32.9 Å². The highest BCUT2D eigenvalue weighted by atomic mass is 32.2. The predicted molar refractivity (Wildman–Crippen MR) is 52.9 cm³/mol. The lowest BCUT2D eigenvalue weighted by Crippen LogP contribution is -2.28.